The van der Waals surface area contributed by atoms with Gasteiger partial charge in [-0.15, -0.1) is 11.6 Å². The van der Waals surface area contributed by atoms with Crippen molar-refractivity contribution in [3.8, 4) is 0 Å². The number of fused-ring (bicyclic) bond motifs is 1. The summed E-state index contributed by atoms with van der Waals surface area (Å²) in [6.45, 7) is 3.80. The van der Waals surface area contributed by atoms with Gasteiger partial charge in [0, 0.05) is 6.04 Å². The average Bonchev–Trinajstić information content (AvgIpc) is 2.61. The summed E-state index contributed by atoms with van der Waals surface area (Å²) >= 11 is 5.47. The molecule has 6 heteroatoms. The van der Waals surface area contributed by atoms with Crippen molar-refractivity contribution in [2.45, 2.75) is 19.9 Å². The fraction of sp³-hybridized carbons (Fsp3) is 0.333. The summed E-state index contributed by atoms with van der Waals surface area (Å²) in [6, 6.07) is 6.62. The molecule has 0 atom stereocenters. The molecule has 18 heavy (non-hydrogen) atoms. The third-order valence-electron chi connectivity index (χ3n) is 2.72. The Labute approximate surface area is 109 Å². The lowest BCUT2D eigenvalue weighted by Gasteiger charge is -2.05. The van der Waals surface area contributed by atoms with Gasteiger partial charge in [-0.05, 0) is 26.0 Å². The summed E-state index contributed by atoms with van der Waals surface area (Å²) in [7, 11) is 0. The van der Waals surface area contributed by atoms with Crippen molar-refractivity contribution in [2.75, 3.05) is 6.00 Å². The number of carbonyl (C=O) groups excluding carboxylic acids is 1. The first-order valence-electron chi connectivity index (χ1n) is 5.64. The van der Waals surface area contributed by atoms with Crippen LogP contribution in [0.25, 0.3) is 11.0 Å². The molecular weight excluding hydrogens is 254 g/mol. The number of imidazole rings is 1. The van der Waals surface area contributed by atoms with E-state index in [9.17, 15) is 9.59 Å². The minimum Gasteiger partial charge on any atom is -0.324 e. The van der Waals surface area contributed by atoms with Crippen molar-refractivity contribution in [1.82, 2.24) is 14.5 Å². The maximum Gasteiger partial charge on any atom is 0.337 e. The number of nitrogens with zero attached hydrogens (tertiary/aromatic N) is 2. The summed E-state index contributed by atoms with van der Waals surface area (Å²) in [5.41, 5.74) is 0.967. The summed E-state index contributed by atoms with van der Waals surface area (Å²) in [4.78, 5) is 24.1. The molecule has 0 aliphatic carbocycles. The van der Waals surface area contributed by atoms with E-state index in [-0.39, 0.29) is 17.7 Å². The quantitative estimate of drug-likeness (QED) is 0.669. The highest BCUT2D eigenvalue weighted by Gasteiger charge is 2.18. The van der Waals surface area contributed by atoms with E-state index in [1.54, 1.807) is 16.7 Å². The second-order valence-electron chi connectivity index (χ2n) is 4.19. The van der Waals surface area contributed by atoms with Gasteiger partial charge in [-0.25, -0.2) is 14.2 Å². The molecule has 2 rings (SSSR count). The number of nitrogens with one attached hydrogen (secondary N) is 1. The summed E-state index contributed by atoms with van der Waals surface area (Å²) in [6.07, 6.45) is 0. The van der Waals surface area contributed by atoms with Crippen LogP contribution in [0.4, 0.5) is 4.79 Å². The van der Waals surface area contributed by atoms with Crippen molar-refractivity contribution in [3.05, 3.63) is 34.7 Å². The predicted molar refractivity (Wildman–Crippen MR) is 71.2 cm³/mol. The first-order chi connectivity index (χ1) is 8.57. The molecule has 0 unspecified atom stereocenters. The zero-order valence-corrected chi connectivity index (χ0v) is 10.9. The van der Waals surface area contributed by atoms with Crippen LogP contribution in [0.3, 0.4) is 0 Å². The number of rotatable bonds is 2. The normalized spacial score (nSPS) is 11.1. The maximum absolute atomic E-state index is 12.3. The second-order valence-corrected chi connectivity index (χ2v) is 4.45. The number of carbonyl (C=O) groups is 1. The number of hydrogen-bond acceptors (Lipinski definition) is 2. The minimum atomic E-state index is -0.509. The number of halogens is 1. The molecule has 1 amide bonds. The van der Waals surface area contributed by atoms with E-state index in [4.69, 9.17) is 11.6 Å². The number of alkyl halides is 1. The minimum absolute atomic E-state index is 0.0209. The van der Waals surface area contributed by atoms with E-state index >= 15 is 0 Å². The summed E-state index contributed by atoms with van der Waals surface area (Å²) in [5, 5.41) is 2.42. The van der Waals surface area contributed by atoms with Gasteiger partial charge >= 0.3 is 11.7 Å². The Morgan fingerprint density at radius 3 is 2.50 bits per heavy atom. The number of amides is 1. The third-order valence-corrected chi connectivity index (χ3v) is 2.85. The van der Waals surface area contributed by atoms with Crippen molar-refractivity contribution in [3.63, 3.8) is 0 Å². The Morgan fingerprint density at radius 1 is 1.33 bits per heavy atom. The van der Waals surface area contributed by atoms with Crippen molar-refractivity contribution in [2.24, 2.45) is 0 Å². The van der Waals surface area contributed by atoms with Gasteiger partial charge in [0.05, 0.1) is 17.0 Å². The van der Waals surface area contributed by atoms with Gasteiger partial charge < -0.3 is 5.32 Å². The SMILES string of the molecule is CC(C)n1c(=O)n(C(=O)NCCl)c2ccccc21. The van der Waals surface area contributed by atoms with Gasteiger partial charge in [0.15, 0.2) is 0 Å². The van der Waals surface area contributed by atoms with Crippen LogP contribution < -0.4 is 11.0 Å². The van der Waals surface area contributed by atoms with E-state index in [0.717, 1.165) is 10.1 Å². The highest BCUT2D eigenvalue weighted by molar-refractivity contribution is 6.18. The monoisotopic (exact) mass is 267 g/mol. The molecule has 0 bridgehead atoms. The van der Waals surface area contributed by atoms with E-state index in [2.05, 4.69) is 5.32 Å². The van der Waals surface area contributed by atoms with Gasteiger partial charge in [-0.1, -0.05) is 12.1 Å². The molecule has 0 spiro atoms. The van der Waals surface area contributed by atoms with Gasteiger partial charge in [0.1, 0.15) is 0 Å². The van der Waals surface area contributed by atoms with E-state index in [1.165, 1.54) is 0 Å². The summed E-state index contributed by atoms with van der Waals surface area (Å²) < 4.78 is 2.70. The molecule has 0 saturated carbocycles. The fourth-order valence-electron chi connectivity index (χ4n) is 2.00. The number of aromatic nitrogens is 2. The highest BCUT2D eigenvalue weighted by Crippen LogP contribution is 2.16. The molecule has 0 saturated heterocycles. The second kappa shape index (κ2) is 4.86. The van der Waals surface area contributed by atoms with Gasteiger partial charge in [-0.3, -0.25) is 4.57 Å². The lowest BCUT2D eigenvalue weighted by atomic mass is 10.3. The number of hydrogen-bond donors (Lipinski definition) is 1. The molecule has 1 heterocycles. The van der Waals surface area contributed by atoms with Crippen molar-refractivity contribution < 1.29 is 4.79 Å². The van der Waals surface area contributed by atoms with Crippen LogP contribution >= 0.6 is 11.6 Å². The highest BCUT2D eigenvalue weighted by atomic mass is 35.5. The molecule has 5 nitrogen and oxygen atoms in total. The fourth-order valence-corrected chi connectivity index (χ4v) is 2.12. The molecule has 0 fully saturated rings. The molecule has 2 aromatic rings. The van der Waals surface area contributed by atoms with Crippen LogP contribution in [0.1, 0.15) is 19.9 Å². The first-order valence-corrected chi connectivity index (χ1v) is 6.17. The summed E-state index contributed by atoms with van der Waals surface area (Å²) in [5.74, 6) is 0. The molecule has 1 N–H and O–H groups in total. The Balaban J connectivity index is 2.78. The molecule has 0 radical (unpaired) electrons. The largest absolute Gasteiger partial charge is 0.337 e. The van der Waals surface area contributed by atoms with E-state index in [0.29, 0.717) is 5.52 Å². The standard InChI is InChI=1S/C12H14ClN3O2/c1-8(2)15-9-5-3-4-6-10(9)16(12(15)18)11(17)14-7-13/h3-6,8H,7H2,1-2H3,(H,14,17). The maximum atomic E-state index is 12.3. The van der Waals surface area contributed by atoms with Crippen molar-refractivity contribution in [1.29, 1.82) is 0 Å². The van der Waals surface area contributed by atoms with Gasteiger partial charge in [0.25, 0.3) is 0 Å². The van der Waals surface area contributed by atoms with Crippen LogP contribution in [-0.2, 0) is 0 Å². The number of benzene rings is 1. The molecule has 1 aromatic carbocycles. The Bertz CT molecular complexity index is 642. The molecular formula is C12H14ClN3O2. The van der Waals surface area contributed by atoms with Crippen LogP contribution in [0.15, 0.2) is 29.1 Å². The van der Waals surface area contributed by atoms with Crippen LogP contribution in [0.5, 0.6) is 0 Å². The lowest BCUT2D eigenvalue weighted by molar-refractivity contribution is 0.243. The van der Waals surface area contributed by atoms with Gasteiger partial charge in [-0.2, -0.15) is 0 Å². The Hall–Kier alpha value is -1.75. The molecule has 0 aliphatic rings. The van der Waals surface area contributed by atoms with Crippen molar-refractivity contribution >= 4 is 28.7 Å². The Morgan fingerprint density at radius 2 is 1.94 bits per heavy atom. The third kappa shape index (κ3) is 1.90. The zero-order chi connectivity index (χ0) is 13.3. The van der Waals surface area contributed by atoms with E-state index in [1.807, 2.05) is 26.0 Å². The topological polar surface area (TPSA) is 56.0 Å². The van der Waals surface area contributed by atoms with Gasteiger partial charge in [0.2, 0.25) is 0 Å². The van der Waals surface area contributed by atoms with Crippen LogP contribution in [0, 0.1) is 0 Å². The lowest BCUT2D eigenvalue weighted by Crippen LogP contribution is -2.36. The molecule has 1 aromatic heterocycles. The molecule has 96 valence electrons. The Kier molecular flexibility index (Phi) is 3.43. The smallest absolute Gasteiger partial charge is 0.324 e. The predicted octanol–water partition coefficient (Wildman–Crippen LogP) is 2.14. The zero-order valence-electron chi connectivity index (χ0n) is 10.2. The molecule has 0 aliphatic heterocycles. The average molecular weight is 268 g/mol. The van der Waals surface area contributed by atoms with Crippen LogP contribution in [-0.4, -0.2) is 21.2 Å². The first kappa shape index (κ1) is 12.7. The van der Waals surface area contributed by atoms with E-state index < -0.39 is 6.03 Å². The number of para-hydroxylation sites is 2. The van der Waals surface area contributed by atoms with Crippen LogP contribution in [0.2, 0.25) is 0 Å².